The zero-order valence-electron chi connectivity index (χ0n) is 18.7. The van der Waals surface area contributed by atoms with E-state index < -0.39 is 0 Å². The van der Waals surface area contributed by atoms with Crippen LogP contribution in [0.1, 0.15) is 5.56 Å². The third-order valence-electron chi connectivity index (χ3n) is 5.86. The topological polar surface area (TPSA) is 53.6 Å². The van der Waals surface area contributed by atoms with E-state index in [2.05, 4.69) is 64.2 Å². The number of benzene rings is 4. The Morgan fingerprint density at radius 1 is 1.06 bits per heavy atom. The van der Waals surface area contributed by atoms with Crippen molar-refractivity contribution < 1.29 is 9.53 Å². The first-order valence-electron chi connectivity index (χ1n) is 11.1. The minimum Gasteiger partial charge on any atom is -0.497 e. The van der Waals surface area contributed by atoms with Crippen LogP contribution in [0.4, 0.5) is 22.7 Å². The molecule has 0 saturated carbocycles. The van der Waals surface area contributed by atoms with Gasteiger partial charge in [-0.2, -0.15) is 0 Å². The Bertz CT molecular complexity index is 1380. The van der Waals surface area contributed by atoms with Gasteiger partial charge in [0.1, 0.15) is 5.75 Å². The number of hydrogen-bond donors (Lipinski definition) is 2. The molecule has 0 aliphatic carbocycles. The van der Waals surface area contributed by atoms with Crippen molar-refractivity contribution in [3.05, 3.63) is 102 Å². The fraction of sp³-hybridized carbons (Fsp3) is 0.107. The van der Waals surface area contributed by atoms with Crippen LogP contribution in [0, 0.1) is 0 Å². The first kappa shape index (κ1) is 21.9. The molecule has 5 nitrogen and oxygen atoms in total. The maximum Gasteiger partial charge on any atom is 0.228 e. The monoisotopic (exact) mass is 469 g/mol. The molecular weight excluding hydrogens is 446 g/mol. The van der Waals surface area contributed by atoms with Crippen molar-refractivity contribution in [3.63, 3.8) is 0 Å². The zero-order chi connectivity index (χ0) is 23.5. The van der Waals surface area contributed by atoms with E-state index in [1.54, 1.807) is 19.2 Å². The molecule has 0 spiro atoms. The summed E-state index contributed by atoms with van der Waals surface area (Å²) in [5.41, 5.74) is 4.68. The van der Waals surface area contributed by atoms with Gasteiger partial charge >= 0.3 is 0 Å². The zero-order valence-corrected chi connectivity index (χ0v) is 19.5. The van der Waals surface area contributed by atoms with Gasteiger partial charge in [0, 0.05) is 34.5 Å². The molecule has 1 heterocycles. The third kappa shape index (κ3) is 4.43. The lowest BCUT2D eigenvalue weighted by Gasteiger charge is -2.23. The number of rotatable bonds is 5. The van der Waals surface area contributed by atoms with Crippen molar-refractivity contribution >= 4 is 51.0 Å². The molecule has 4 aromatic rings. The highest BCUT2D eigenvalue weighted by atomic mass is 35.5. The molecule has 0 aromatic heterocycles. The summed E-state index contributed by atoms with van der Waals surface area (Å²) in [5.74, 6) is 0.535. The molecule has 6 heteroatoms. The molecule has 4 aromatic carbocycles. The van der Waals surface area contributed by atoms with Crippen LogP contribution in [-0.2, 0) is 11.2 Å². The number of amides is 1. The minimum absolute atomic E-state index is 0.129. The summed E-state index contributed by atoms with van der Waals surface area (Å²) in [4.78, 5) is 14.7. The predicted molar refractivity (Wildman–Crippen MR) is 140 cm³/mol. The molecule has 0 unspecified atom stereocenters. The van der Waals surface area contributed by atoms with Crippen molar-refractivity contribution in [2.45, 2.75) is 6.42 Å². The van der Waals surface area contributed by atoms with Crippen LogP contribution in [0.5, 0.6) is 5.75 Å². The van der Waals surface area contributed by atoms with Crippen molar-refractivity contribution in [2.24, 2.45) is 0 Å². The summed E-state index contributed by atoms with van der Waals surface area (Å²) in [5, 5.41) is 9.39. The van der Waals surface area contributed by atoms with Gasteiger partial charge in [-0.3, -0.25) is 4.79 Å². The second kappa shape index (κ2) is 9.49. The van der Waals surface area contributed by atoms with Gasteiger partial charge in [-0.1, -0.05) is 48.0 Å². The van der Waals surface area contributed by atoms with Crippen molar-refractivity contribution in [1.29, 1.82) is 0 Å². The van der Waals surface area contributed by atoms with E-state index in [1.807, 2.05) is 30.3 Å². The number of fused-ring (bicyclic) bond motifs is 3. The van der Waals surface area contributed by atoms with E-state index in [4.69, 9.17) is 16.3 Å². The lowest BCUT2D eigenvalue weighted by atomic mass is 10.1. The van der Waals surface area contributed by atoms with Crippen molar-refractivity contribution in [1.82, 2.24) is 0 Å². The Balaban J connectivity index is 1.34. The SMILES string of the molecule is COc1ccc(CC(=O)Nc2ccc(N3C=CCNc4c3ccc3ccccc43)cc2)c(Cl)c1. The molecule has 0 fully saturated rings. The number of carbonyl (C=O) groups excluding carboxylic acids is 1. The lowest BCUT2D eigenvalue weighted by molar-refractivity contribution is -0.115. The summed E-state index contributed by atoms with van der Waals surface area (Å²) < 4.78 is 5.17. The first-order chi connectivity index (χ1) is 16.6. The third-order valence-corrected chi connectivity index (χ3v) is 6.21. The molecule has 5 rings (SSSR count). The van der Waals surface area contributed by atoms with Gasteiger partial charge in [0.25, 0.3) is 0 Å². The van der Waals surface area contributed by atoms with Gasteiger partial charge in [-0.05, 0) is 59.5 Å². The molecule has 0 saturated heterocycles. The summed E-state index contributed by atoms with van der Waals surface area (Å²) in [7, 11) is 1.58. The molecule has 0 bridgehead atoms. The molecule has 170 valence electrons. The van der Waals surface area contributed by atoms with Gasteiger partial charge in [0.15, 0.2) is 0 Å². The van der Waals surface area contributed by atoms with E-state index in [1.165, 1.54) is 10.8 Å². The standard InChI is InChI=1S/C28H24ClN3O2/c1-34-23-13-7-20(25(29)18-23)17-27(33)31-21-9-11-22(12-10-21)32-16-4-15-30-28-24-6-3-2-5-19(24)8-14-26(28)32/h2-14,16,18,30H,15,17H2,1H3,(H,31,33). The van der Waals surface area contributed by atoms with Crippen LogP contribution in [0.3, 0.4) is 0 Å². The molecule has 1 aliphatic heterocycles. The predicted octanol–water partition coefficient (Wildman–Crippen LogP) is 6.76. The summed E-state index contributed by atoms with van der Waals surface area (Å²) in [6.07, 6.45) is 4.36. The average molecular weight is 470 g/mol. The quantitative estimate of drug-likeness (QED) is 0.339. The van der Waals surface area contributed by atoms with Gasteiger partial charge in [0.05, 0.1) is 24.9 Å². The fourth-order valence-electron chi connectivity index (χ4n) is 4.15. The van der Waals surface area contributed by atoms with E-state index in [9.17, 15) is 4.79 Å². The van der Waals surface area contributed by atoms with Crippen LogP contribution in [0.25, 0.3) is 10.8 Å². The molecule has 1 aliphatic rings. The number of ether oxygens (including phenoxy) is 1. The summed E-state index contributed by atoms with van der Waals surface area (Å²) >= 11 is 6.28. The number of halogens is 1. The highest BCUT2D eigenvalue weighted by molar-refractivity contribution is 6.31. The summed E-state index contributed by atoms with van der Waals surface area (Å²) in [6.45, 7) is 0.750. The average Bonchev–Trinajstić information content (AvgIpc) is 3.08. The summed E-state index contributed by atoms with van der Waals surface area (Å²) in [6, 6.07) is 25.8. The van der Waals surface area contributed by atoms with Gasteiger partial charge in [0.2, 0.25) is 5.91 Å². The Labute approximate surface area is 203 Å². The van der Waals surface area contributed by atoms with Gasteiger partial charge in [-0.25, -0.2) is 0 Å². The normalized spacial score (nSPS) is 12.6. The van der Waals surface area contributed by atoms with Crippen LogP contribution < -0.4 is 20.3 Å². The Hall–Kier alpha value is -3.96. The number of anilines is 4. The molecular formula is C28H24ClN3O2. The largest absolute Gasteiger partial charge is 0.497 e. The number of carbonyl (C=O) groups is 1. The highest BCUT2D eigenvalue weighted by Gasteiger charge is 2.16. The van der Waals surface area contributed by atoms with Crippen LogP contribution in [0.2, 0.25) is 5.02 Å². The maximum absolute atomic E-state index is 12.6. The van der Waals surface area contributed by atoms with Crippen LogP contribution in [0.15, 0.2) is 91.1 Å². The molecule has 2 N–H and O–H groups in total. The van der Waals surface area contributed by atoms with Gasteiger partial charge in [-0.15, -0.1) is 0 Å². The van der Waals surface area contributed by atoms with Crippen molar-refractivity contribution in [3.8, 4) is 5.75 Å². The minimum atomic E-state index is -0.129. The molecule has 0 radical (unpaired) electrons. The number of nitrogens with one attached hydrogen (secondary N) is 2. The Morgan fingerprint density at radius 3 is 2.68 bits per heavy atom. The van der Waals surface area contributed by atoms with E-state index in [0.29, 0.717) is 10.8 Å². The lowest BCUT2D eigenvalue weighted by Crippen LogP contribution is -2.15. The Morgan fingerprint density at radius 2 is 1.88 bits per heavy atom. The van der Waals surface area contributed by atoms with E-state index in [-0.39, 0.29) is 12.3 Å². The number of methoxy groups -OCH3 is 1. The highest BCUT2D eigenvalue weighted by Crippen LogP contribution is 2.39. The Kier molecular flexibility index (Phi) is 6.11. The maximum atomic E-state index is 12.6. The molecule has 1 amide bonds. The second-order valence-corrected chi connectivity index (χ2v) is 8.45. The van der Waals surface area contributed by atoms with Gasteiger partial charge < -0.3 is 20.3 Å². The van der Waals surface area contributed by atoms with E-state index >= 15 is 0 Å². The number of nitrogens with zero attached hydrogens (tertiary/aromatic N) is 1. The van der Waals surface area contributed by atoms with Crippen molar-refractivity contribution in [2.75, 3.05) is 29.2 Å². The fourth-order valence-corrected chi connectivity index (χ4v) is 4.39. The van der Waals surface area contributed by atoms with Crippen LogP contribution >= 0.6 is 11.6 Å². The smallest absolute Gasteiger partial charge is 0.228 e. The number of hydrogen-bond acceptors (Lipinski definition) is 4. The molecule has 0 atom stereocenters. The van der Waals surface area contributed by atoms with E-state index in [0.717, 1.165) is 34.9 Å². The first-order valence-corrected chi connectivity index (χ1v) is 11.4. The van der Waals surface area contributed by atoms with Crippen LogP contribution in [-0.4, -0.2) is 19.6 Å². The second-order valence-electron chi connectivity index (χ2n) is 8.05. The molecule has 34 heavy (non-hydrogen) atoms.